The molecule has 29 heavy (non-hydrogen) atoms. The van der Waals surface area contributed by atoms with E-state index in [1.165, 1.54) is 0 Å². The first-order valence-electron chi connectivity index (χ1n) is 9.33. The maximum absolute atomic E-state index is 12.2. The van der Waals surface area contributed by atoms with Crippen LogP contribution in [0.5, 0.6) is 5.75 Å². The summed E-state index contributed by atoms with van der Waals surface area (Å²) in [4.78, 5) is 16.3. The molecule has 0 aliphatic carbocycles. The van der Waals surface area contributed by atoms with E-state index in [-0.39, 0.29) is 11.9 Å². The molecule has 4 nitrogen and oxygen atoms in total. The fraction of sp³-hybridized carbons (Fsp3) is 0.217. The van der Waals surface area contributed by atoms with Gasteiger partial charge in [-0.15, -0.1) is 11.8 Å². The number of aromatic nitrogens is 1. The lowest BCUT2D eigenvalue weighted by atomic mass is 10.1. The molecule has 0 radical (unpaired) electrons. The van der Waals surface area contributed by atoms with E-state index in [0.29, 0.717) is 17.4 Å². The number of nitrogens with one attached hydrogen (secondary N) is 1. The topological polar surface area (TPSA) is 51.2 Å². The third-order valence-corrected chi connectivity index (χ3v) is 5.52. The van der Waals surface area contributed by atoms with Gasteiger partial charge in [0.15, 0.2) is 0 Å². The van der Waals surface area contributed by atoms with E-state index in [1.54, 1.807) is 24.2 Å². The molecule has 6 heteroatoms. The molecule has 0 fully saturated rings. The molecule has 1 N–H and O–H groups in total. The monoisotopic (exact) mass is 426 g/mol. The van der Waals surface area contributed by atoms with Gasteiger partial charge in [-0.2, -0.15) is 0 Å². The van der Waals surface area contributed by atoms with Crippen molar-refractivity contribution < 1.29 is 9.53 Å². The Morgan fingerprint density at radius 2 is 1.93 bits per heavy atom. The van der Waals surface area contributed by atoms with Crippen molar-refractivity contribution in [1.29, 1.82) is 0 Å². The summed E-state index contributed by atoms with van der Waals surface area (Å²) in [6, 6.07) is 19.3. The van der Waals surface area contributed by atoms with Gasteiger partial charge in [-0.3, -0.25) is 9.78 Å². The van der Waals surface area contributed by atoms with Crippen LogP contribution >= 0.6 is 23.4 Å². The first-order chi connectivity index (χ1) is 14.1. The zero-order valence-corrected chi connectivity index (χ0v) is 17.7. The summed E-state index contributed by atoms with van der Waals surface area (Å²) < 4.78 is 5.77. The second-order valence-electron chi connectivity index (χ2n) is 6.63. The van der Waals surface area contributed by atoms with Crippen LogP contribution in [0.25, 0.3) is 0 Å². The van der Waals surface area contributed by atoms with Gasteiger partial charge in [-0.1, -0.05) is 41.9 Å². The maximum Gasteiger partial charge on any atom is 0.230 e. The van der Waals surface area contributed by atoms with Crippen molar-refractivity contribution in [1.82, 2.24) is 10.3 Å². The Labute approximate surface area is 180 Å². The number of hydrogen-bond donors (Lipinski definition) is 1. The van der Waals surface area contributed by atoms with Crippen LogP contribution in [-0.4, -0.2) is 16.6 Å². The molecule has 0 aliphatic rings. The number of nitrogens with zero attached hydrogens (tertiary/aromatic N) is 1. The lowest BCUT2D eigenvalue weighted by molar-refractivity contribution is -0.119. The zero-order chi connectivity index (χ0) is 20.5. The Kier molecular flexibility index (Phi) is 7.96. The first-order valence-corrected chi connectivity index (χ1v) is 10.9. The fourth-order valence-electron chi connectivity index (χ4n) is 2.76. The summed E-state index contributed by atoms with van der Waals surface area (Å²) in [7, 11) is 0. The number of halogens is 1. The van der Waals surface area contributed by atoms with Gasteiger partial charge in [0, 0.05) is 28.7 Å². The van der Waals surface area contributed by atoms with Crippen LogP contribution in [0, 0.1) is 0 Å². The summed E-state index contributed by atoms with van der Waals surface area (Å²) >= 11 is 7.56. The smallest absolute Gasteiger partial charge is 0.230 e. The molecule has 0 aliphatic heterocycles. The van der Waals surface area contributed by atoms with Gasteiger partial charge < -0.3 is 10.1 Å². The van der Waals surface area contributed by atoms with E-state index in [4.69, 9.17) is 16.3 Å². The third kappa shape index (κ3) is 7.11. The minimum Gasteiger partial charge on any atom is -0.489 e. The average Bonchev–Trinajstić information content (AvgIpc) is 2.73. The molecular formula is C23H23ClN2O2S. The van der Waals surface area contributed by atoms with Crippen LogP contribution in [0.2, 0.25) is 5.02 Å². The van der Waals surface area contributed by atoms with E-state index in [9.17, 15) is 4.79 Å². The van der Waals surface area contributed by atoms with E-state index in [1.807, 2.05) is 67.6 Å². The highest BCUT2D eigenvalue weighted by Gasteiger charge is 2.10. The molecule has 0 saturated carbocycles. The molecular weight excluding hydrogens is 404 g/mol. The van der Waals surface area contributed by atoms with Crippen LogP contribution in [-0.2, 0) is 17.2 Å². The second kappa shape index (κ2) is 10.9. The van der Waals surface area contributed by atoms with Gasteiger partial charge in [0.25, 0.3) is 0 Å². The molecule has 1 atom stereocenters. The zero-order valence-electron chi connectivity index (χ0n) is 16.2. The summed E-state index contributed by atoms with van der Waals surface area (Å²) in [6.07, 6.45) is 3.53. The standard InChI is InChI=1S/C23H23ClN2O2S/c1-17(26-23(27)16-29-15-18-4-2-6-21(24)12-18)20-7-9-22(10-8-20)28-14-19-5-3-11-25-13-19/h2-13,17H,14-16H2,1H3,(H,26,27). The van der Waals surface area contributed by atoms with Crippen LogP contribution in [0.3, 0.4) is 0 Å². The highest BCUT2D eigenvalue weighted by molar-refractivity contribution is 7.99. The van der Waals surface area contributed by atoms with E-state index >= 15 is 0 Å². The number of amides is 1. The molecule has 2 aromatic carbocycles. The highest BCUT2D eigenvalue weighted by Crippen LogP contribution is 2.20. The fourth-order valence-corrected chi connectivity index (χ4v) is 3.76. The summed E-state index contributed by atoms with van der Waals surface area (Å²) in [5.74, 6) is 1.96. The van der Waals surface area contributed by atoms with E-state index < -0.39 is 0 Å². The number of ether oxygens (including phenoxy) is 1. The molecule has 0 bridgehead atoms. The molecule has 0 saturated heterocycles. The molecule has 1 heterocycles. The molecule has 1 amide bonds. The minimum absolute atomic E-state index is 0.0152. The van der Waals surface area contributed by atoms with Crippen LogP contribution in [0.1, 0.15) is 29.7 Å². The molecule has 0 spiro atoms. The summed E-state index contributed by atoms with van der Waals surface area (Å²) in [5, 5.41) is 3.75. The molecule has 1 unspecified atom stereocenters. The van der Waals surface area contributed by atoms with Crippen molar-refractivity contribution in [2.24, 2.45) is 0 Å². The lowest BCUT2D eigenvalue weighted by Crippen LogP contribution is -2.28. The Bertz CT molecular complexity index is 920. The average molecular weight is 427 g/mol. The number of hydrogen-bond acceptors (Lipinski definition) is 4. The molecule has 3 aromatic rings. The molecule has 1 aromatic heterocycles. The predicted molar refractivity (Wildman–Crippen MR) is 119 cm³/mol. The van der Waals surface area contributed by atoms with Gasteiger partial charge in [0.05, 0.1) is 11.8 Å². The SMILES string of the molecule is CC(NC(=O)CSCc1cccc(Cl)c1)c1ccc(OCc2cccnc2)cc1. The third-order valence-electron chi connectivity index (χ3n) is 4.28. The van der Waals surface area contributed by atoms with E-state index in [2.05, 4.69) is 10.3 Å². The van der Waals surface area contributed by atoms with Crippen molar-refractivity contribution in [2.45, 2.75) is 25.3 Å². The Morgan fingerprint density at radius 1 is 1.14 bits per heavy atom. The number of carbonyl (C=O) groups excluding carboxylic acids is 1. The van der Waals surface area contributed by atoms with Crippen LogP contribution in [0.15, 0.2) is 73.1 Å². The number of rotatable bonds is 9. The van der Waals surface area contributed by atoms with Crippen molar-refractivity contribution in [3.8, 4) is 5.75 Å². The number of benzene rings is 2. The summed E-state index contributed by atoms with van der Waals surface area (Å²) in [5.41, 5.74) is 3.17. The largest absolute Gasteiger partial charge is 0.489 e. The Balaban J connectivity index is 1.42. The number of pyridine rings is 1. The molecule has 150 valence electrons. The highest BCUT2D eigenvalue weighted by atomic mass is 35.5. The van der Waals surface area contributed by atoms with Gasteiger partial charge in [0.1, 0.15) is 12.4 Å². The maximum atomic E-state index is 12.2. The van der Waals surface area contributed by atoms with Crippen molar-refractivity contribution in [2.75, 3.05) is 5.75 Å². The second-order valence-corrected chi connectivity index (χ2v) is 8.05. The van der Waals surface area contributed by atoms with Gasteiger partial charge in [-0.05, 0) is 48.4 Å². The summed E-state index contributed by atoms with van der Waals surface area (Å²) in [6.45, 7) is 2.45. The van der Waals surface area contributed by atoms with Gasteiger partial charge >= 0.3 is 0 Å². The number of thioether (sulfide) groups is 1. The predicted octanol–water partition coefficient (Wildman–Crippen LogP) is 5.42. The van der Waals surface area contributed by atoms with Crippen LogP contribution < -0.4 is 10.1 Å². The normalized spacial score (nSPS) is 11.7. The lowest BCUT2D eigenvalue weighted by Gasteiger charge is -2.15. The van der Waals surface area contributed by atoms with Gasteiger partial charge in [-0.25, -0.2) is 0 Å². The number of carbonyl (C=O) groups is 1. The quantitative estimate of drug-likeness (QED) is 0.496. The first kappa shape index (κ1) is 21.2. The van der Waals surface area contributed by atoms with Crippen molar-refractivity contribution in [3.63, 3.8) is 0 Å². The van der Waals surface area contributed by atoms with Gasteiger partial charge in [0.2, 0.25) is 5.91 Å². The minimum atomic E-state index is -0.0679. The Hall–Kier alpha value is -2.50. The van der Waals surface area contributed by atoms with Crippen molar-refractivity contribution >= 4 is 29.3 Å². The van der Waals surface area contributed by atoms with Crippen molar-refractivity contribution in [3.05, 3.63) is 94.8 Å². The van der Waals surface area contributed by atoms with E-state index in [0.717, 1.165) is 28.2 Å². The Morgan fingerprint density at radius 3 is 2.66 bits per heavy atom. The molecule has 3 rings (SSSR count). The van der Waals surface area contributed by atoms with Crippen LogP contribution in [0.4, 0.5) is 0 Å².